The zero-order valence-electron chi connectivity index (χ0n) is 13.6. The lowest BCUT2D eigenvalue weighted by molar-refractivity contribution is -0.192. The maximum atomic E-state index is 10.6. The van der Waals surface area contributed by atoms with E-state index < -0.39 is 17.7 Å². The highest BCUT2D eigenvalue weighted by Crippen LogP contribution is 2.31. The van der Waals surface area contributed by atoms with Crippen LogP contribution >= 0.6 is 23.2 Å². The van der Waals surface area contributed by atoms with Crippen molar-refractivity contribution in [1.82, 2.24) is 4.90 Å². The predicted molar refractivity (Wildman–Crippen MR) is 90.3 cm³/mol. The van der Waals surface area contributed by atoms with Crippen LogP contribution in [0.25, 0.3) is 0 Å². The van der Waals surface area contributed by atoms with Crippen molar-refractivity contribution in [3.05, 3.63) is 27.7 Å². The van der Waals surface area contributed by atoms with Gasteiger partial charge in [0, 0.05) is 37.8 Å². The molecule has 26 heavy (non-hydrogen) atoms. The number of nitrogens with zero attached hydrogens (tertiary/aromatic N) is 1. The fraction of sp³-hybridized carbons (Fsp3) is 0.533. The largest absolute Gasteiger partial charge is 0.508 e. The van der Waals surface area contributed by atoms with E-state index in [2.05, 4.69) is 4.90 Å². The SMILES string of the molecule is NCC1(O)CCN(Cc2cc(Cl)c(Cl)cc2O)CC1.O=C(O)C(F)(F)F. The normalized spacial score (nSPS) is 17.3. The molecule has 5 N–H and O–H groups in total. The summed E-state index contributed by atoms with van der Waals surface area (Å²) in [4.78, 5) is 11.1. The molecule has 0 unspecified atom stereocenters. The summed E-state index contributed by atoms with van der Waals surface area (Å²) in [5.41, 5.74) is 5.56. The van der Waals surface area contributed by atoms with Gasteiger partial charge in [0.25, 0.3) is 0 Å². The second-order valence-electron chi connectivity index (χ2n) is 5.90. The second-order valence-corrected chi connectivity index (χ2v) is 6.72. The standard InChI is InChI=1S/C13H18Cl2N2O2.C2HF3O2/c14-10-5-9(12(18)6-11(10)15)7-17-3-1-13(19,8-16)2-4-17;3-2(4,5)1(6)7/h5-6,18-19H,1-4,7-8,16H2;(H,6,7). The molecule has 0 aromatic heterocycles. The molecule has 148 valence electrons. The third kappa shape index (κ3) is 6.81. The van der Waals surface area contributed by atoms with E-state index in [1.807, 2.05) is 0 Å². The van der Waals surface area contributed by atoms with Crippen molar-refractivity contribution in [3.8, 4) is 5.75 Å². The summed E-state index contributed by atoms with van der Waals surface area (Å²) in [6.45, 7) is 2.36. The molecule has 1 aromatic carbocycles. The molecule has 6 nitrogen and oxygen atoms in total. The summed E-state index contributed by atoms with van der Waals surface area (Å²) >= 11 is 11.8. The summed E-state index contributed by atoms with van der Waals surface area (Å²) in [5, 5.41) is 27.8. The zero-order valence-corrected chi connectivity index (χ0v) is 15.1. The van der Waals surface area contributed by atoms with Crippen LogP contribution in [-0.2, 0) is 11.3 Å². The Kier molecular flexibility index (Phi) is 7.97. The number of piperidine rings is 1. The Balaban J connectivity index is 0.000000412. The van der Waals surface area contributed by atoms with Gasteiger partial charge < -0.3 is 21.1 Å². The molecule has 1 fully saturated rings. The third-order valence-corrected chi connectivity index (χ3v) is 4.65. The first kappa shape index (κ1) is 22.8. The van der Waals surface area contributed by atoms with Crippen LogP contribution < -0.4 is 5.73 Å². The summed E-state index contributed by atoms with van der Waals surface area (Å²) in [6, 6.07) is 3.14. The van der Waals surface area contributed by atoms with Gasteiger partial charge in [0.2, 0.25) is 0 Å². The van der Waals surface area contributed by atoms with Crippen LogP contribution in [0.3, 0.4) is 0 Å². The van der Waals surface area contributed by atoms with E-state index in [9.17, 15) is 23.4 Å². The Morgan fingerprint density at radius 1 is 1.23 bits per heavy atom. The van der Waals surface area contributed by atoms with Crippen LogP contribution in [0.5, 0.6) is 5.75 Å². The van der Waals surface area contributed by atoms with Crippen LogP contribution in [0.1, 0.15) is 18.4 Å². The zero-order chi connectivity index (χ0) is 20.1. The summed E-state index contributed by atoms with van der Waals surface area (Å²) in [6.07, 6.45) is -3.79. The second kappa shape index (κ2) is 9.09. The molecule has 1 aliphatic heterocycles. The molecule has 0 saturated carbocycles. The third-order valence-electron chi connectivity index (χ3n) is 3.92. The Hall–Kier alpha value is -1.26. The fourth-order valence-electron chi connectivity index (χ4n) is 2.28. The Bertz CT molecular complexity index is 636. The first-order valence-corrected chi connectivity index (χ1v) is 8.25. The number of aromatic hydroxyl groups is 1. The smallest absolute Gasteiger partial charge is 0.490 e. The van der Waals surface area contributed by atoms with Gasteiger partial charge >= 0.3 is 12.1 Å². The maximum absolute atomic E-state index is 10.6. The molecule has 1 aliphatic rings. The fourth-order valence-corrected chi connectivity index (χ4v) is 2.62. The number of hydrogen-bond acceptors (Lipinski definition) is 5. The number of phenols is 1. The average molecular weight is 419 g/mol. The minimum Gasteiger partial charge on any atom is -0.508 e. The number of carbonyl (C=O) groups is 1. The first-order valence-electron chi connectivity index (χ1n) is 7.50. The van der Waals surface area contributed by atoms with Gasteiger partial charge in [-0.15, -0.1) is 0 Å². The van der Waals surface area contributed by atoms with Gasteiger partial charge in [-0.05, 0) is 18.9 Å². The average Bonchev–Trinajstić information content (AvgIpc) is 2.54. The van der Waals surface area contributed by atoms with Crippen LogP contribution in [0.15, 0.2) is 12.1 Å². The number of nitrogens with two attached hydrogens (primary N) is 1. The molecule has 1 aromatic rings. The molecule has 11 heteroatoms. The van der Waals surface area contributed by atoms with Crippen molar-refractivity contribution in [3.63, 3.8) is 0 Å². The quantitative estimate of drug-likeness (QED) is 0.600. The van der Waals surface area contributed by atoms with Crippen LogP contribution in [-0.4, -0.2) is 57.6 Å². The molecule has 2 rings (SSSR count). The summed E-state index contributed by atoms with van der Waals surface area (Å²) in [7, 11) is 0. The lowest BCUT2D eigenvalue weighted by Gasteiger charge is -2.37. The van der Waals surface area contributed by atoms with Crippen molar-refractivity contribution in [1.29, 1.82) is 0 Å². The van der Waals surface area contributed by atoms with Gasteiger partial charge in [-0.2, -0.15) is 13.2 Å². The molecule has 0 amide bonds. The predicted octanol–water partition coefficient (Wildman–Crippen LogP) is 2.62. The minimum absolute atomic E-state index is 0.147. The number of hydrogen-bond donors (Lipinski definition) is 4. The number of phenolic OH excluding ortho intramolecular Hbond substituents is 1. The molecule has 0 bridgehead atoms. The summed E-state index contributed by atoms with van der Waals surface area (Å²) < 4.78 is 31.7. The topological polar surface area (TPSA) is 107 Å². The lowest BCUT2D eigenvalue weighted by atomic mass is 9.91. The van der Waals surface area contributed by atoms with Crippen LogP contribution in [0.4, 0.5) is 13.2 Å². The van der Waals surface area contributed by atoms with E-state index in [0.29, 0.717) is 36.0 Å². The van der Waals surface area contributed by atoms with Gasteiger partial charge in [-0.1, -0.05) is 23.2 Å². The lowest BCUT2D eigenvalue weighted by Crippen LogP contribution is -2.48. The molecular formula is C15H19Cl2F3N2O4. The monoisotopic (exact) mass is 418 g/mol. The van der Waals surface area contributed by atoms with E-state index in [4.69, 9.17) is 38.8 Å². The van der Waals surface area contributed by atoms with Crippen LogP contribution in [0.2, 0.25) is 10.0 Å². The molecular weight excluding hydrogens is 400 g/mol. The molecule has 0 radical (unpaired) electrons. The van der Waals surface area contributed by atoms with Gasteiger partial charge in [-0.25, -0.2) is 4.79 Å². The van der Waals surface area contributed by atoms with E-state index in [-0.39, 0.29) is 5.75 Å². The number of alkyl halides is 3. The molecule has 1 heterocycles. The molecule has 1 saturated heterocycles. The number of benzene rings is 1. The maximum Gasteiger partial charge on any atom is 0.490 e. The van der Waals surface area contributed by atoms with Crippen molar-refractivity contribution < 1.29 is 33.3 Å². The van der Waals surface area contributed by atoms with Crippen molar-refractivity contribution in [2.75, 3.05) is 19.6 Å². The molecule has 0 atom stereocenters. The van der Waals surface area contributed by atoms with Crippen molar-refractivity contribution in [2.24, 2.45) is 5.73 Å². The van der Waals surface area contributed by atoms with Gasteiger partial charge in [0.1, 0.15) is 5.75 Å². The number of carboxylic acids is 1. The molecule has 0 aliphatic carbocycles. The molecule has 0 spiro atoms. The number of likely N-dealkylation sites (tertiary alicyclic amines) is 1. The Morgan fingerprint density at radius 3 is 2.12 bits per heavy atom. The van der Waals surface area contributed by atoms with E-state index in [1.54, 1.807) is 6.07 Å². The number of carboxylic acid groups (broad SMARTS) is 1. The van der Waals surface area contributed by atoms with Gasteiger partial charge in [0.05, 0.1) is 15.6 Å². The van der Waals surface area contributed by atoms with E-state index in [0.717, 1.165) is 18.7 Å². The van der Waals surface area contributed by atoms with Gasteiger partial charge in [0.15, 0.2) is 0 Å². The first-order chi connectivity index (χ1) is 11.9. The summed E-state index contributed by atoms with van der Waals surface area (Å²) in [5.74, 6) is -2.61. The van der Waals surface area contributed by atoms with Crippen molar-refractivity contribution in [2.45, 2.75) is 31.2 Å². The highest BCUT2D eigenvalue weighted by atomic mass is 35.5. The number of rotatable bonds is 3. The van der Waals surface area contributed by atoms with E-state index in [1.165, 1.54) is 6.07 Å². The number of halogens is 5. The van der Waals surface area contributed by atoms with Crippen LogP contribution in [0, 0.1) is 0 Å². The highest BCUT2D eigenvalue weighted by molar-refractivity contribution is 6.42. The highest BCUT2D eigenvalue weighted by Gasteiger charge is 2.38. The number of aliphatic hydroxyl groups is 1. The number of aliphatic carboxylic acids is 1. The van der Waals surface area contributed by atoms with Crippen molar-refractivity contribution >= 4 is 29.2 Å². The Morgan fingerprint density at radius 2 is 1.69 bits per heavy atom. The minimum atomic E-state index is -5.08. The van der Waals surface area contributed by atoms with Gasteiger partial charge in [-0.3, -0.25) is 4.90 Å². The Labute approximate surface area is 157 Å². The van der Waals surface area contributed by atoms with E-state index >= 15 is 0 Å².